The first-order valence-corrected chi connectivity index (χ1v) is 4.04. The Labute approximate surface area is 81.4 Å². The molecule has 0 aromatic rings. The largest absolute Gasteiger partial charge is 0.479 e. The molecule has 0 heterocycles. The standard InChI is InChI=1S/C8H14N2O4/c1-2-3-5(9)7(12)10-4-6(11)8(13)14/h2,5-6,11H,1,3-4,9H2,(H,10,12)(H,13,14)/t5?,6-/m0/s1. The van der Waals surface area contributed by atoms with Gasteiger partial charge in [0.15, 0.2) is 6.10 Å². The van der Waals surface area contributed by atoms with E-state index < -0.39 is 24.0 Å². The number of carboxylic acid groups (broad SMARTS) is 1. The molecule has 0 aromatic carbocycles. The van der Waals surface area contributed by atoms with Gasteiger partial charge >= 0.3 is 5.97 Å². The summed E-state index contributed by atoms with van der Waals surface area (Å²) in [6.45, 7) is 3.05. The molecule has 6 heteroatoms. The van der Waals surface area contributed by atoms with Crippen LogP contribution in [0, 0.1) is 0 Å². The number of hydrogen-bond donors (Lipinski definition) is 4. The summed E-state index contributed by atoms with van der Waals surface area (Å²) in [5, 5.41) is 19.3. The third-order valence-electron chi connectivity index (χ3n) is 1.51. The third-order valence-corrected chi connectivity index (χ3v) is 1.51. The number of hydrogen-bond acceptors (Lipinski definition) is 4. The van der Waals surface area contributed by atoms with Gasteiger partial charge < -0.3 is 21.3 Å². The minimum Gasteiger partial charge on any atom is -0.479 e. The molecule has 0 aliphatic carbocycles. The molecule has 14 heavy (non-hydrogen) atoms. The topological polar surface area (TPSA) is 113 Å². The highest BCUT2D eigenvalue weighted by Gasteiger charge is 2.16. The van der Waals surface area contributed by atoms with Gasteiger partial charge in [0.2, 0.25) is 5.91 Å². The van der Waals surface area contributed by atoms with E-state index in [1.54, 1.807) is 0 Å². The van der Waals surface area contributed by atoms with Crippen LogP contribution >= 0.6 is 0 Å². The zero-order valence-corrected chi connectivity index (χ0v) is 7.64. The highest BCUT2D eigenvalue weighted by atomic mass is 16.4. The Hall–Kier alpha value is -1.40. The van der Waals surface area contributed by atoms with Crippen molar-refractivity contribution in [1.29, 1.82) is 0 Å². The van der Waals surface area contributed by atoms with Crippen molar-refractivity contribution < 1.29 is 19.8 Å². The first-order chi connectivity index (χ1) is 6.49. The number of carboxylic acids is 1. The van der Waals surface area contributed by atoms with Crippen LogP contribution in [0.1, 0.15) is 6.42 Å². The highest BCUT2D eigenvalue weighted by molar-refractivity contribution is 5.82. The van der Waals surface area contributed by atoms with Gasteiger partial charge in [-0.05, 0) is 6.42 Å². The average molecular weight is 202 g/mol. The fourth-order valence-corrected chi connectivity index (χ4v) is 0.702. The van der Waals surface area contributed by atoms with Crippen molar-refractivity contribution in [2.75, 3.05) is 6.54 Å². The molecular formula is C8H14N2O4. The molecule has 80 valence electrons. The Morgan fingerprint density at radius 3 is 2.57 bits per heavy atom. The number of rotatable bonds is 6. The number of carbonyl (C=O) groups excluding carboxylic acids is 1. The summed E-state index contributed by atoms with van der Waals surface area (Å²) in [5.41, 5.74) is 5.38. The van der Waals surface area contributed by atoms with Gasteiger partial charge in [0, 0.05) is 0 Å². The van der Waals surface area contributed by atoms with Crippen molar-refractivity contribution in [1.82, 2.24) is 5.32 Å². The van der Waals surface area contributed by atoms with E-state index in [0.29, 0.717) is 6.42 Å². The van der Waals surface area contributed by atoms with E-state index in [4.69, 9.17) is 15.9 Å². The molecule has 0 bridgehead atoms. The van der Waals surface area contributed by atoms with Crippen LogP contribution < -0.4 is 11.1 Å². The summed E-state index contributed by atoms with van der Waals surface area (Å²) in [6.07, 6.45) is 0.183. The minimum atomic E-state index is -1.60. The summed E-state index contributed by atoms with van der Waals surface area (Å²) >= 11 is 0. The Kier molecular flexibility index (Phi) is 5.50. The van der Waals surface area contributed by atoms with Gasteiger partial charge in [-0.25, -0.2) is 4.79 Å². The second kappa shape index (κ2) is 6.11. The van der Waals surface area contributed by atoms with E-state index >= 15 is 0 Å². The Morgan fingerprint density at radius 2 is 2.14 bits per heavy atom. The number of carbonyl (C=O) groups is 2. The zero-order chi connectivity index (χ0) is 11.1. The molecule has 6 nitrogen and oxygen atoms in total. The molecule has 5 N–H and O–H groups in total. The van der Waals surface area contributed by atoms with Crippen LogP contribution in [-0.2, 0) is 9.59 Å². The van der Waals surface area contributed by atoms with Crippen LogP contribution in [0.15, 0.2) is 12.7 Å². The Bertz CT molecular complexity index is 229. The van der Waals surface area contributed by atoms with Gasteiger partial charge in [-0.1, -0.05) is 6.08 Å². The fraction of sp³-hybridized carbons (Fsp3) is 0.500. The summed E-state index contributed by atoms with van der Waals surface area (Å²) < 4.78 is 0. The van der Waals surface area contributed by atoms with Crippen molar-refractivity contribution in [3.05, 3.63) is 12.7 Å². The average Bonchev–Trinajstić information content (AvgIpc) is 2.13. The zero-order valence-electron chi connectivity index (χ0n) is 7.64. The van der Waals surface area contributed by atoms with Crippen LogP contribution in [0.3, 0.4) is 0 Å². The maximum absolute atomic E-state index is 11.1. The summed E-state index contributed by atoms with van der Waals surface area (Å²) in [5.74, 6) is -1.90. The van der Waals surface area contributed by atoms with E-state index in [1.807, 2.05) is 0 Å². The summed E-state index contributed by atoms with van der Waals surface area (Å²) in [6, 6.07) is -0.756. The van der Waals surface area contributed by atoms with Crippen LogP contribution in [0.2, 0.25) is 0 Å². The monoisotopic (exact) mass is 202 g/mol. The Balaban J connectivity index is 3.84. The normalized spacial score (nSPS) is 14.1. The van der Waals surface area contributed by atoms with Crippen molar-refractivity contribution in [2.24, 2.45) is 5.73 Å². The lowest BCUT2D eigenvalue weighted by Gasteiger charge is -2.11. The lowest BCUT2D eigenvalue weighted by Crippen LogP contribution is -2.44. The lowest BCUT2D eigenvalue weighted by atomic mass is 10.2. The first kappa shape index (κ1) is 12.6. The van der Waals surface area contributed by atoms with Gasteiger partial charge in [0.05, 0.1) is 12.6 Å². The van der Waals surface area contributed by atoms with Crippen LogP contribution in [-0.4, -0.2) is 40.8 Å². The molecule has 1 amide bonds. The second-order valence-corrected chi connectivity index (χ2v) is 2.73. The second-order valence-electron chi connectivity index (χ2n) is 2.73. The van der Waals surface area contributed by atoms with E-state index in [-0.39, 0.29) is 6.54 Å². The van der Waals surface area contributed by atoms with Gasteiger partial charge in [0.25, 0.3) is 0 Å². The Morgan fingerprint density at radius 1 is 1.57 bits per heavy atom. The van der Waals surface area contributed by atoms with Crippen molar-refractivity contribution in [2.45, 2.75) is 18.6 Å². The maximum atomic E-state index is 11.1. The van der Waals surface area contributed by atoms with Gasteiger partial charge in [0.1, 0.15) is 0 Å². The molecular weight excluding hydrogens is 188 g/mol. The number of aliphatic hydroxyl groups excluding tert-OH is 1. The number of nitrogens with one attached hydrogen (secondary N) is 1. The summed E-state index contributed by atoms with van der Waals surface area (Å²) in [4.78, 5) is 21.2. The highest BCUT2D eigenvalue weighted by Crippen LogP contribution is 1.89. The van der Waals surface area contributed by atoms with Gasteiger partial charge in [-0.2, -0.15) is 0 Å². The maximum Gasteiger partial charge on any atom is 0.334 e. The van der Waals surface area contributed by atoms with E-state index in [9.17, 15) is 9.59 Å². The molecule has 0 aromatic heterocycles. The molecule has 0 rings (SSSR count). The predicted molar refractivity (Wildman–Crippen MR) is 49.4 cm³/mol. The molecule has 0 saturated heterocycles. The van der Waals surface area contributed by atoms with Crippen LogP contribution in [0.5, 0.6) is 0 Å². The van der Waals surface area contributed by atoms with Crippen molar-refractivity contribution in [3.8, 4) is 0 Å². The lowest BCUT2D eigenvalue weighted by molar-refractivity contribution is -0.146. The van der Waals surface area contributed by atoms with Crippen molar-refractivity contribution >= 4 is 11.9 Å². The molecule has 0 radical (unpaired) electrons. The number of aliphatic carboxylic acids is 1. The molecule has 0 saturated carbocycles. The predicted octanol–water partition coefficient (Wildman–Crippen LogP) is -1.55. The third kappa shape index (κ3) is 4.58. The molecule has 0 fully saturated rings. The molecule has 0 aliphatic rings. The van der Waals surface area contributed by atoms with Gasteiger partial charge in [-0.15, -0.1) is 6.58 Å². The molecule has 1 unspecified atom stereocenters. The minimum absolute atomic E-state index is 0.301. The van der Waals surface area contributed by atoms with E-state index in [2.05, 4.69) is 11.9 Å². The van der Waals surface area contributed by atoms with Crippen molar-refractivity contribution in [3.63, 3.8) is 0 Å². The van der Waals surface area contributed by atoms with Crippen LogP contribution in [0.25, 0.3) is 0 Å². The van der Waals surface area contributed by atoms with Gasteiger partial charge in [-0.3, -0.25) is 4.79 Å². The SMILES string of the molecule is C=CCC(N)C(=O)NC[C@H](O)C(=O)O. The first-order valence-electron chi connectivity index (χ1n) is 4.04. The van der Waals surface area contributed by atoms with E-state index in [0.717, 1.165) is 0 Å². The molecule has 0 spiro atoms. The molecule has 2 atom stereocenters. The number of aliphatic hydroxyl groups is 1. The quantitative estimate of drug-likeness (QED) is 0.389. The fourth-order valence-electron chi connectivity index (χ4n) is 0.702. The molecule has 0 aliphatic heterocycles. The van der Waals surface area contributed by atoms with Crippen LogP contribution in [0.4, 0.5) is 0 Å². The number of amides is 1. The smallest absolute Gasteiger partial charge is 0.334 e. The number of nitrogens with two attached hydrogens (primary N) is 1. The van der Waals surface area contributed by atoms with E-state index in [1.165, 1.54) is 6.08 Å². The summed E-state index contributed by atoms with van der Waals surface area (Å²) in [7, 11) is 0.